The van der Waals surface area contributed by atoms with E-state index in [4.69, 9.17) is 5.26 Å². The third-order valence-corrected chi connectivity index (χ3v) is 3.52. The molecule has 114 valence electrons. The van der Waals surface area contributed by atoms with Gasteiger partial charge < -0.3 is 4.90 Å². The van der Waals surface area contributed by atoms with Crippen molar-refractivity contribution in [3.8, 4) is 6.07 Å². The van der Waals surface area contributed by atoms with Crippen molar-refractivity contribution in [2.75, 3.05) is 13.1 Å². The Morgan fingerprint density at radius 2 is 2.18 bits per heavy atom. The number of benzene rings is 1. The van der Waals surface area contributed by atoms with Crippen molar-refractivity contribution < 1.29 is 9.72 Å². The van der Waals surface area contributed by atoms with Crippen LogP contribution in [-0.4, -0.2) is 28.8 Å². The Kier molecular flexibility index (Phi) is 5.26. The molecule has 6 heteroatoms. The topological polar surface area (TPSA) is 87.2 Å². The van der Waals surface area contributed by atoms with E-state index in [1.807, 2.05) is 6.07 Å². The fourth-order valence-corrected chi connectivity index (χ4v) is 2.15. The third kappa shape index (κ3) is 4.42. The van der Waals surface area contributed by atoms with Gasteiger partial charge in [-0.25, -0.2) is 0 Å². The maximum Gasteiger partial charge on any atom is 0.276 e. The summed E-state index contributed by atoms with van der Waals surface area (Å²) in [6.45, 7) is 1.05. The monoisotopic (exact) mass is 299 g/mol. The van der Waals surface area contributed by atoms with Gasteiger partial charge >= 0.3 is 0 Å². The molecule has 1 aromatic carbocycles. The molecule has 1 aliphatic carbocycles. The van der Waals surface area contributed by atoms with Crippen molar-refractivity contribution in [1.29, 1.82) is 5.26 Å². The summed E-state index contributed by atoms with van der Waals surface area (Å²) < 4.78 is 0. The van der Waals surface area contributed by atoms with Crippen LogP contribution in [-0.2, 0) is 4.79 Å². The molecule has 0 spiro atoms. The number of nitriles is 1. The number of amides is 1. The van der Waals surface area contributed by atoms with Crippen molar-refractivity contribution >= 4 is 17.7 Å². The second-order valence-electron chi connectivity index (χ2n) is 5.29. The molecule has 6 nitrogen and oxygen atoms in total. The minimum atomic E-state index is -0.470. The van der Waals surface area contributed by atoms with Crippen LogP contribution in [0.4, 0.5) is 5.69 Å². The summed E-state index contributed by atoms with van der Waals surface area (Å²) in [6, 6.07) is 8.32. The SMILES string of the molecule is N#CCCN(CC1CC1)C(=O)/C=C/c1ccccc1[N+](=O)[O-]. The number of nitrogens with zero attached hydrogens (tertiary/aromatic N) is 3. The Hall–Kier alpha value is -2.68. The van der Waals surface area contributed by atoms with Gasteiger partial charge in [-0.2, -0.15) is 5.26 Å². The van der Waals surface area contributed by atoms with Gasteiger partial charge in [-0.1, -0.05) is 12.1 Å². The lowest BCUT2D eigenvalue weighted by molar-refractivity contribution is -0.385. The summed E-state index contributed by atoms with van der Waals surface area (Å²) >= 11 is 0. The van der Waals surface area contributed by atoms with Crippen molar-refractivity contribution in [2.24, 2.45) is 5.92 Å². The first-order valence-corrected chi connectivity index (χ1v) is 7.19. The first kappa shape index (κ1) is 15.7. The van der Waals surface area contributed by atoms with E-state index in [9.17, 15) is 14.9 Å². The largest absolute Gasteiger partial charge is 0.338 e. The molecule has 0 radical (unpaired) electrons. The van der Waals surface area contributed by atoms with Crippen molar-refractivity contribution in [3.05, 3.63) is 46.0 Å². The zero-order valence-corrected chi connectivity index (χ0v) is 12.1. The van der Waals surface area contributed by atoms with E-state index < -0.39 is 4.92 Å². The lowest BCUT2D eigenvalue weighted by Crippen LogP contribution is -2.32. The number of para-hydroxylation sites is 1. The number of hydrogen-bond acceptors (Lipinski definition) is 4. The quantitative estimate of drug-likeness (QED) is 0.440. The number of nitro benzene ring substituents is 1. The molecule has 0 atom stereocenters. The Morgan fingerprint density at radius 3 is 2.82 bits per heavy atom. The van der Waals surface area contributed by atoms with E-state index in [0.29, 0.717) is 24.6 Å². The predicted molar refractivity (Wildman–Crippen MR) is 81.7 cm³/mol. The van der Waals surface area contributed by atoms with Crippen LogP contribution >= 0.6 is 0 Å². The minimum absolute atomic E-state index is 0.0303. The second-order valence-corrected chi connectivity index (χ2v) is 5.29. The molecule has 0 saturated heterocycles. The lowest BCUT2D eigenvalue weighted by Gasteiger charge is -2.19. The molecule has 1 amide bonds. The number of hydrogen-bond donors (Lipinski definition) is 0. The molecular weight excluding hydrogens is 282 g/mol. The summed E-state index contributed by atoms with van der Waals surface area (Å²) in [5.74, 6) is 0.322. The number of rotatable bonds is 7. The van der Waals surface area contributed by atoms with Crippen LogP contribution in [0.2, 0.25) is 0 Å². The van der Waals surface area contributed by atoms with Gasteiger partial charge in [-0.15, -0.1) is 0 Å². The molecule has 0 heterocycles. The summed E-state index contributed by atoms with van der Waals surface area (Å²) in [6.07, 6.45) is 5.33. The van der Waals surface area contributed by atoms with Crippen molar-refractivity contribution in [2.45, 2.75) is 19.3 Å². The maximum absolute atomic E-state index is 12.2. The predicted octanol–water partition coefficient (Wildman–Crippen LogP) is 2.76. The van der Waals surface area contributed by atoms with Crippen molar-refractivity contribution in [3.63, 3.8) is 0 Å². The van der Waals surface area contributed by atoms with Gasteiger partial charge in [0.25, 0.3) is 5.69 Å². The fraction of sp³-hybridized carbons (Fsp3) is 0.375. The van der Waals surface area contributed by atoms with E-state index in [0.717, 1.165) is 12.8 Å². The molecule has 1 saturated carbocycles. The van der Waals surface area contributed by atoms with E-state index in [-0.39, 0.29) is 18.0 Å². The van der Waals surface area contributed by atoms with Crippen LogP contribution in [0.5, 0.6) is 0 Å². The van der Waals surface area contributed by atoms with Crippen LogP contribution in [0.3, 0.4) is 0 Å². The zero-order chi connectivity index (χ0) is 15.9. The molecule has 1 aliphatic rings. The summed E-state index contributed by atoms with van der Waals surface area (Å²) in [7, 11) is 0. The van der Waals surface area contributed by atoms with E-state index in [2.05, 4.69) is 0 Å². The molecule has 0 aliphatic heterocycles. The summed E-state index contributed by atoms with van der Waals surface area (Å²) in [5.41, 5.74) is 0.366. The minimum Gasteiger partial charge on any atom is -0.338 e. The number of carbonyl (C=O) groups is 1. The van der Waals surface area contributed by atoms with Gasteiger partial charge in [-0.05, 0) is 30.9 Å². The first-order chi connectivity index (χ1) is 10.6. The molecule has 1 fully saturated rings. The molecule has 0 unspecified atom stereocenters. The number of carbonyl (C=O) groups excluding carboxylic acids is 1. The normalized spacial score (nSPS) is 13.8. The highest BCUT2D eigenvalue weighted by Crippen LogP contribution is 2.30. The van der Waals surface area contributed by atoms with Crippen molar-refractivity contribution in [1.82, 2.24) is 4.90 Å². The van der Waals surface area contributed by atoms with Crippen LogP contribution in [0, 0.1) is 27.4 Å². The average Bonchev–Trinajstić information content (AvgIpc) is 3.33. The summed E-state index contributed by atoms with van der Waals surface area (Å²) in [5, 5.41) is 19.6. The lowest BCUT2D eigenvalue weighted by atomic mass is 10.1. The fourth-order valence-electron chi connectivity index (χ4n) is 2.15. The molecular formula is C16H17N3O3. The maximum atomic E-state index is 12.2. The van der Waals surface area contributed by atoms with E-state index in [1.165, 1.54) is 18.2 Å². The van der Waals surface area contributed by atoms with Crippen LogP contribution in [0.25, 0.3) is 6.08 Å². The Balaban J connectivity index is 2.08. The van der Waals surface area contributed by atoms with Crippen LogP contribution in [0.1, 0.15) is 24.8 Å². The Labute approximate surface area is 128 Å². The smallest absolute Gasteiger partial charge is 0.276 e. The van der Waals surface area contributed by atoms with E-state index in [1.54, 1.807) is 23.1 Å². The standard InChI is InChI=1S/C16H17N3O3/c17-10-3-11-18(12-13-6-7-13)16(20)9-8-14-4-1-2-5-15(14)19(21)22/h1-2,4-5,8-9,13H,3,6-7,11-12H2/b9-8+. The van der Waals surface area contributed by atoms with Gasteiger partial charge in [0.1, 0.15) is 0 Å². The molecule has 0 bridgehead atoms. The van der Waals surface area contributed by atoms with Gasteiger partial charge in [-0.3, -0.25) is 14.9 Å². The Bertz CT molecular complexity index is 630. The van der Waals surface area contributed by atoms with Crippen LogP contribution < -0.4 is 0 Å². The highest BCUT2D eigenvalue weighted by atomic mass is 16.6. The number of nitro groups is 1. The highest BCUT2D eigenvalue weighted by molar-refractivity contribution is 5.92. The van der Waals surface area contributed by atoms with Gasteiger partial charge in [0.15, 0.2) is 0 Å². The third-order valence-electron chi connectivity index (χ3n) is 3.52. The zero-order valence-electron chi connectivity index (χ0n) is 12.1. The second kappa shape index (κ2) is 7.36. The van der Waals surface area contributed by atoms with E-state index >= 15 is 0 Å². The average molecular weight is 299 g/mol. The van der Waals surface area contributed by atoms with Crippen LogP contribution in [0.15, 0.2) is 30.3 Å². The summed E-state index contributed by atoms with van der Waals surface area (Å²) in [4.78, 5) is 24.3. The molecule has 22 heavy (non-hydrogen) atoms. The first-order valence-electron chi connectivity index (χ1n) is 7.19. The molecule has 0 aromatic heterocycles. The van der Waals surface area contributed by atoms with Gasteiger partial charge in [0.2, 0.25) is 5.91 Å². The molecule has 1 aromatic rings. The molecule has 2 rings (SSSR count). The molecule has 0 N–H and O–H groups in total. The van der Waals surface area contributed by atoms with Gasteiger partial charge in [0, 0.05) is 25.2 Å². The van der Waals surface area contributed by atoms with Gasteiger partial charge in [0.05, 0.1) is 23.0 Å². The highest BCUT2D eigenvalue weighted by Gasteiger charge is 2.25. The Morgan fingerprint density at radius 1 is 1.45 bits per heavy atom.